The van der Waals surface area contributed by atoms with E-state index in [9.17, 15) is 8.42 Å². The number of rotatable bonds is 6. The summed E-state index contributed by atoms with van der Waals surface area (Å²) in [6.45, 7) is 4.78. The predicted molar refractivity (Wildman–Crippen MR) is 84.0 cm³/mol. The maximum Gasteiger partial charge on any atom is 0.191 e. The summed E-state index contributed by atoms with van der Waals surface area (Å²) < 4.78 is 21.8. The Morgan fingerprint density at radius 2 is 2.00 bits per heavy atom. The SMILES string of the molecule is CCC(C)NC(=NC)NCCCS(C)(=O)=O.I. The van der Waals surface area contributed by atoms with Crippen molar-refractivity contribution in [1.82, 2.24) is 10.6 Å². The Kier molecular flexibility index (Phi) is 11.3. The molecule has 0 saturated heterocycles. The van der Waals surface area contributed by atoms with Crippen molar-refractivity contribution in [2.24, 2.45) is 4.99 Å². The van der Waals surface area contributed by atoms with Gasteiger partial charge >= 0.3 is 0 Å². The molecule has 0 aliphatic carbocycles. The standard InChI is InChI=1S/C10H23N3O2S.HI/c1-5-9(2)13-10(11-3)12-7-6-8-16(4,14)15;/h9H,5-8H2,1-4H3,(H2,11,12,13);1H. The molecule has 104 valence electrons. The van der Waals surface area contributed by atoms with Crippen molar-refractivity contribution in [1.29, 1.82) is 0 Å². The van der Waals surface area contributed by atoms with Crippen LogP contribution in [0.15, 0.2) is 4.99 Å². The Balaban J connectivity index is 0. The van der Waals surface area contributed by atoms with Gasteiger partial charge in [-0.2, -0.15) is 0 Å². The number of aliphatic imine (C=N–C) groups is 1. The molecule has 0 aromatic carbocycles. The van der Waals surface area contributed by atoms with E-state index in [4.69, 9.17) is 0 Å². The average molecular weight is 377 g/mol. The van der Waals surface area contributed by atoms with Crippen LogP contribution in [0.4, 0.5) is 0 Å². The van der Waals surface area contributed by atoms with E-state index >= 15 is 0 Å². The molecule has 0 spiro atoms. The smallest absolute Gasteiger partial charge is 0.191 e. The van der Waals surface area contributed by atoms with Crippen LogP contribution in [0.1, 0.15) is 26.7 Å². The third kappa shape index (κ3) is 12.2. The zero-order valence-electron chi connectivity index (χ0n) is 11.0. The summed E-state index contributed by atoms with van der Waals surface area (Å²) in [5, 5.41) is 6.29. The van der Waals surface area contributed by atoms with Crippen LogP contribution in [0.5, 0.6) is 0 Å². The van der Waals surface area contributed by atoms with Crippen molar-refractivity contribution in [3.63, 3.8) is 0 Å². The lowest BCUT2D eigenvalue weighted by Crippen LogP contribution is -2.42. The fraction of sp³-hybridized carbons (Fsp3) is 0.900. The van der Waals surface area contributed by atoms with Gasteiger partial charge in [0.05, 0.1) is 5.75 Å². The van der Waals surface area contributed by atoms with Crippen LogP contribution in [0.3, 0.4) is 0 Å². The van der Waals surface area contributed by atoms with Crippen molar-refractivity contribution in [3.8, 4) is 0 Å². The molecule has 0 fully saturated rings. The summed E-state index contributed by atoms with van der Waals surface area (Å²) >= 11 is 0. The van der Waals surface area contributed by atoms with Gasteiger partial charge in [0.2, 0.25) is 0 Å². The first kappa shape index (κ1) is 19.3. The quantitative estimate of drug-likeness (QED) is 0.314. The molecule has 0 aliphatic heterocycles. The molecule has 1 atom stereocenters. The van der Waals surface area contributed by atoms with Crippen LogP contribution < -0.4 is 10.6 Å². The molecular formula is C10H24IN3O2S. The van der Waals surface area contributed by atoms with E-state index in [2.05, 4.69) is 29.5 Å². The largest absolute Gasteiger partial charge is 0.356 e. The zero-order chi connectivity index (χ0) is 12.6. The molecule has 0 radical (unpaired) electrons. The number of halogens is 1. The molecule has 1 unspecified atom stereocenters. The van der Waals surface area contributed by atoms with Crippen molar-refractivity contribution in [2.45, 2.75) is 32.7 Å². The minimum Gasteiger partial charge on any atom is -0.356 e. The Morgan fingerprint density at radius 3 is 2.41 bits per heavy atom. The summed E-state index contributed by atoms with van der Waals surface area (Å²) in [4.78, 5) is 4.05. The van der Waals surface area contributed by atoms with Crippen LogP contribution in [-0.4, -0.2) is 46.0 Å². The molecule has 0 aromatic rings. The summed E-state index contributed by atoms with van der Waals surface area (Å²) in [7, 11) is -1.15. The van der Waals surface area contributed by atoms with Crippen LogP contribution >= 0.6 is 24.0 Å². The lowest BCUT2D eigenvalue weighted by Gasteiger charge is -2.16. The fourth-order valence-electron chi connectivity index (χ4n) is 1.07. The summed E-state index contributed by atoms with van der Waals surface area (Å²) in [5.74, 6) is 0.934. The van der Waals surface area contributed by atoms with E-state index in [1.807, 2.05) is 0 Å². The van der Waals surface area contributed by atoms with Gasteiger partial charge in [0.1, 0.15) is 9.84 Å². The van der Waals surface area contributed by atoms with Gasteiger partial charge in [-0.15, -0.1) is 24.0 Å². The van der Waals surface area contributed by atoms with E-state index in [1.54, 1.807) is 7.05 Å². The molecule has 0 amide bonds. The molecule has 0 heterocycles. The van der Waals surface area contributed by atoms with Gasteiger partial charge in [-0.1, -0.05) is 6.92 Å². The highest BCUT2D eigenvalue weighted by Gasteiger charge is 2.04. The second-order valence-electron chi connectivity index (χ2n) is 3.94. The first-order chi connectivity index (χ1) is 7.39. The molecule has 5 nitrogen and oxygen atoms in total. The Bertz CT molecular complexity index is 318. The molecule has 7 heteroatoms. The highest BCUT2D eigenvalue weighted by atomic mass is 127. The monoisotopic (exact) mass is 377 g/mol. The molecule has 0 rings (SSSR count). The van der Waals surface area contributed by atoms with Gasteiger partial charge < -0.3 is 10.6 Å². The number of guanidine groups is 1. The second-order valence-corrected chi connectivity index (χ2v) is 6.20. The lowest BCUT2D eigenvalue weighted by molar-refractivity contribution is 0.596. The van der Waals surface area contributed by atoms with Gasteiger partial charge in [-0.25, -0.2) is 8.42 Å². The predicted octanol–water partition coefficient (Wildman–Crippen LogP) is 1.00. The van der Waals surface area contributed by atoms with E-state index in [0.717, 1.165) is 12.4 Å². The Morgan fingerprint density at radius 1 is 1.41 bits per heavy atom. The number of nitrogens with zero attached hydrogens (tertiary/aromatic N) is 1. The Labute approximate surface area is 122 Å². The molecule has 0 saturated carbocycles. The maximum absolute atomic E-state index is 10.9. The second kappa shape index (κ2) is 9.93. The van der Waals surface area contributed by atoms with Gasteiger partial charge in [0, 0.05) is 25.9 Å². The first-order valence-corrected chi connectivity index (χ1v) is 7.60. The maximum atomic E-state index is 10.9. The molecule has 0 aromatic heterocycles. The van der Waals surface area contributed by atoms with Gasteiger partial charge in [-0.05, 0) is 19.8 Å². The van der Waals surface area contributed by atoms with Gasteiger partial charge in [0.25, 0.3) is 0 Å². The molecule has 0 bridgehead atoms. The number of sulfone groups is 1. The van der Waals surface area contributed by atoms with Crippen molar-refractivity contribution < 1.29 is 8.42 Å². The third-order valence-corrected chi connectivity index (χ3v) is 3.23. The third-order valence-electron chi connectivity index (χ3n) is 2.20. The van der Waals surface area contributed by atoms with E-state index in [0.29, 0.717) is 19.0 Å². The Hall–Kier alpha value is -0.0500. The minimum absolute atomic E-state index is 0. The van der Waals surface area contributed by atoms with Crippen LogP contribution in [0, 0.1) is 0 Å². The van der Waals surface area contributed by atoms with Crippen molar-refractivity contribution >= 4 is 39.8 Å². The molecule has 17 heavy (non-hydrogen) atoms. The normalized spacial score (nSPS) is 13.8. The highest BCUT2D eigenvalue weighted by Crippen LogP contribution is 1.89. The highest BCUT2D eigenvalue weighted by molar-refractivity contribution is 14.0. The number of hydrogen-bond donors (Lipinski definition) is 2. The summed E-state index contributed by atoms with van der Waals surface area (Å²) in [5.41, 5.74) is 0. The van der Waals surface area contributed by atoms with Crippen LogP contribution in [0.2, 0.25) is 0 Å². The number of nitrogens with one attached hydrogen (secondary N) is 2. The van der Waals surface area contributed by atoms with Crippen molar-refractivity contribution in [2.75, 3.05) is 25.6 Å². The molecular weight excluding hydrogens is 353 g/mol. The van der Waals surface area contributed by atoms with Crippen LogP contribution in [-0.2, 0) is 9.84 Å². The average Bonchev–Trinajstić information content (AvgIpc) is 2.20. The molecule has 2 N–H and O–H groups in total. The van der Waals surface area contributed by atoms with Gasteiger partial charge in [0.15, 0.2) is 5.96 Å². The topological polar surface area (TPSA) is 70.6 Å². The fourth-order valence-corrected chi connectivity index (χ4v) is 1.74. The van der Waals surface area contributed by atoms with Crippen LogP contribution in [0.25, 0.3) is 0 Å². The first-order valence-electron chi connectivity index (χ1n) is 5.54. The molecule has 0 aliphatic rings. The zero-order valence-corrected chi connectivity index (χ0v) is 14.1. The van der Waals surface area contributed by atoms with Crippen molar-refractivity contribution in [3.05, 3.63) is 0 Å². The number of hydrogen-bond acceptors (Lipinski definition) is 3. The van der Waals surface area contributed by atoms with E-state index in [-0.39, 0.29) is 29.7 Å². The summed E-state index contributed by atoms with van der Waals surface area (Å²) in [6.07, 6.45) is 2.86. The van der Waals surface area contributed by atoms with E-state index < -0.39 is 9.84 Å². The minimum atomic E-state index is -2.86. The van der Waals surface area contributed by atoms with E-state index in [1.165, 1.54) is 6.26 Å². The van der Waals surface area contributed by atoms with Gasteiger partial charge in [-0.3, -0.25) is 4.99 Å². The lowest BCUT2D eigenvalue weighted by atomic mass is 10.3. The summed E-state index contributed by atoms with van der Waals surface area (Å²) in [6, 6.07) is 0.362.